The van der Waals surface area contributed by atoms with Crippen molar-refractivity contribution < 1.29 is 14.3 Å². The molecule has 2 amide bonds. The summed E-state index contributed by atoms with van der Waals surface area (Å²) in [6.45, 7) is 5.36. The van der Waals surface area contributed by atoms with E-state index in [0.29, 0.717) is 34.6 Å². The van der Waals surface area contributed by atoms with Crippen LogP contribution in [0.4, 0.5) is 16.3 Å². The van der Waals surface area contributed by atoms with E-state index in [1.807, 2.05) is 0 Å². The molecule has 0 spiro atoms. The van der Waals surface area contributed by atoms with Gasteiger partial charge in [-0.05, 0) is 42.7 Å². The van der Waals surface area contributed by atoms with Gasteiger partial charge in [-0.2, -0.15) is 0 Å². The first-order chi connectivity index (χ1) is 16.3. The van der Waals surface area contributed by atoms with Crippen molar-refractivity contribution in [2.45, 2.75) is 25.9 Å². The third-order valence-electron chi connectivity index (χ3n) is 4.79. The highest BCUT2D eigenvalue weighted by molar-refractivity contribution is 6.31. The molecule has 3 heterocycles. The van der Waals surface area contributed by atoms with Gasteiger partial charge in [0, 0.05) is 25.2 Å². The van der Waals surface area contributed by atoms with Crippen LogP contribution < -0.4 is 16.2 Å². The second-order valence-electron chi connectivity index (χ2n) is 7.29. The number of nitrogens with zero attached hydrogens (tertiary/aromatic N) is 5. The fourth-order valence-electron chi connectivity index (χ4n) is 2.96. The molecular weight excluding hydrogens is 433 g/mol. The number of aryl methyl sites for hydroxylation is 1. The number of pyridine rings is 2. The van der Waals surface area contributed by atoms with Crippen LogP contribution in [-0.4, -0.2) is 44.8 Å². The molecule has 1 unspecified atom stereocenters. The summed E-state index contributed by atoms with van der Waals surface area (Å²) in [5.41, 5.74) is 2.69. The van der Waals surface area contributed by atoms with Crippen LogP contribution in [0.3, 0.4) is 0 Å². The number of hydrogen-bond donors (Lipinski definition) is 2. The summed E-state index contributed by atoms with van der Waals surface area (Å²) in [5.74, 6) is 2.48. The van der Waals surface area contributed by atoms with E-state index in [9.17, 15) is 9.59 Å². The van der Waals surface area contributed by atoms with Crippen LogP contribution in [0, 0.1) is 12.3 Å². The maximum atomic E-state index is 12.5. The Hall–Kier alpha value is -4.46. The van der Waals surface area contributed by atoms with Crippen molar-refractivity contribution in [2.24, 2.45) is 7.05 Å². The standard InChI is InChI=1S/C23H22BN7O3/c1-5-14(2)8-11-19(32)27-16-9-10-18(26-13-16)20-22(31(4)30-29-20)28-23(33)34-15(3)17-7-6-12-25-21(17)24/h1,6-7,9-10,12-13,15H,2,8,11H2,3-4H3,(H,27,32)(H,28,33). The summed E-state index contributed by atoms with van der Waals surface area (Å²) in [7, 11) is 7.46. The highest BCUT2D eigenvalue weighted by atomic mass is 16.6. The van der Waals surface area contributed by atoms with Gasteiger partial charge in [-0.25, -0.2) is 9.48 Å². The highest BCUT2D eigenvalue weighted by Crippen LogP contribution is 2.25. The predicted molar refractivity (Wildman–Crippen MR) is 128 cm³/mol. The molecule has 1 atom stereocenters. The summed E-state index contributed by atoms with van der Waals surface area (Å²) in [4.78, 5) is 32.8. The van der Waals surface area contributed by atoms with Gasteiger partial charge in [-0.15, -0.1) is 11.5 Å². The van der Waals surface area contributed by atoms with Crippen molar-refractivity contribution in [3.8, 4) is 23.7 Å². The molecule has 2 radical (unpaired) electrons. The largest absolute Gasteiger partial charge is 0.441 e. The first-order valence-corrected chi connectivity index (χ1v) is 10.3. The first-order valence-electron chi connectivity index (χ1n) is 10.3. The Labute approximate surface area is 198 Å². The van der Waals surface area contributed by atoms with Crippen molar-refractivity contribution >= 4 is 36.9 Å². The summed E-state index contributed by atoms with van der Waals surface area (Å²) >= 11 is 0. The van der Waals surface area contributed by atoms with Crippen LogP contribution in [0.15, 0.2) is 48.8 Å². The number of nitrogens with one attached hydrogen (secondary N) is 2. The molecule has 0 fully saturated rings. The molecule has 0 aliphatic heterocycles. The predicted octanol–water partition coefficient (Wildman–Crippen LogP) is 2.28. The normalized spacial score (nSPS) is 11.2. The molecule has 10 nitrogen and oxygen atoms in total. The molecular formula is C23H22BN7O3. The van der Waals surface area contributed by atoms with E-state index in [2.05, 4.69) is 43.4 Å². The SMILES string of the molecule is [B]c1ncccc1C(C)OC(=O)Nc1c(-c2ccc(NC(=O)CCC(=C)C#C)cn2)nnn1C. The Bertz CT molecular complexity index is 1250. The maximum absolute atomic E-state index is 12.5. The molecule has 3 aromatic rings. The van der Waals surface area contributed by atoms with Crippen molar-refractivity contribution in [1.29, 1.82) is 0 Å². The first kappa shape index (κ1) is 24.2. The molecule has 3 aromatic heterocycles. The Morgan fingerprint density at radius 3 is 2.74 bits per heavy atom. The van der Waals surface area contributed by atoms with E-state index in [1.54, 1.807) is 44.4 Å². The number of allylic oxidation sites excluding steroid dienone is 1. The van der Waals surface area contributed by atoms with Gasteiger partial charge in [0.2, 0.25) is 5.91 Å². The molecule has 0 saturated heterocycles. The van der Waals surface area contributed by atoms with E-state index in [1.165, 1.54) is 10.9 Å². The molecule has 0 bridgehead atoms. The molecule has 0 aliphatic carbocycles. The number of amides is 2. The van der Waals surface area contributed by atoms with Crippen LogP contribution in [-0.2, 0) is 16.6 Å². The average molecular weight is 455 g/mol. The molecule has 3 rings (SSSR count). The van der Waals surface area contributed by atoms with Gasteiger partial charge in [0.05, 0.1) is 17.6 Å². The van der Waals surface area contributed by atoms with Gasteiger partial charge in [-0.1, -0.05) is 23.8 Å². The molecule has 0 aromatic carbocycles. The Balaban J connectivity index is 1.66. The third kappa shape index (κ3) is 6.07. The Morgan fingerprint density at radius 2 is 2.06 bits per heavy atom. The molecule has 2 N–H and O–H groups in total. The minimum atomic E-state index is -0.722. The van der Waals surface area contributed by atoms with Gasteiger partial charge < -0.3 is 10.1 Å². The summed E-state index contributed by atoms with van der Waals surface area (Å²) in [6, 6.07) is 6.75. The number of aromatic nitrogens is 5. The number of anilines is 2. The van der Waals surface area contributed by atoms with Crippen LogP contribution >= 0.6 is 0 Å². The van der Waals surface area contributed by atoms with E-state index < -0.39 is 12.2 Å². The van der Waals surface area contributed by atoms with E-state index in [-0.39, 0.29) is 23.7 Å². The number of terminal acetylenes is 1. The lowest BCUT2D eigenvalue weighted by Gasteiger charge is -2.16. The smallest absolute Gasteiger partial charge is 0.413 e. The monoisotopic (exact) mass is 455 g/mol. The van der Waals surface area contributed by atoms with Crippen LogP contribution in [0.25, 0.3) is 11.4 Å². The van der Waals surface area contributed by atoms with E-state index in [4.69, 9.17) is 19.0 Å². The Kier molecular flexibility index (Phi) is 7.77. The lowest BCUT2D eigenvalue weighted by atomic mass is 9.95. The fraction of sp³-hybridized carbons (Fsp3) is 0.217. The minimum absolute atomic E-state index is 0.209. The van der Waals surface area contributed by atoms with Crippen LogP contribution in [0.5, 0.6) is 0 Å². The van der Waals surface area contributed by atoms with Gasteiger partial charge in [0.15, 0.2) is 11.5 Å². The van der Waals surface area contributed by atoms with Gasteiger partial charge >= 0.3 is 6.09 Å². The van der Waals surface area contributed by atoms with E-state index in [0.717, 1.165) is 0 Å². The van der Waals surface area contributed by atoms with Gasteiger partial charge in [-0.3, -0.25) is 20.1 Å². The second-order valence-corrected chi connectivity index (χ2v) is 7.29. The average Bonchev–Trinajstić information content (AvgIpc) is 3.18. The molecule has 34 heavy (non-hydrogen) atoms. The number of rotatable bonds is 8. The van der Waals surface area contributed by atoms with Crippen molar-refractivity contribution in [1.82, 2.24) is 25.0 Å². The van der Waals surface area contributed by atoms with Crippen LogP contribution in [0.2, 0.25) is 0 Å². The summed E-state index contributed by atoms with van der Waals surface area (Å²) in [6.07, 6.45) is 7.55. The lowest BCUT2D eigenvalue weighted by molar-refractivity contribution is -0.116. The highest BCUT2D eigenvalue weighted by Gasteiger charge is 2.20. The zero-order valence-corrected chi connectivity index (χ0v) is 18.8. The molecule has 11 heteroatoms. The number of carbonyl (C=O) groups is 2. The Morgan fingerprint density at radius 1 is 1.26 bits per heavy atom. The van der Waals surface area contributed by atoms with Gasteiger partial charge in [0.1, 0.15) is 14.0 Å². The summed E-state index contributed by atoms with van der Waals surface area (Å²) in [5, 5.41) is 13.4. The summed E-state index contributed by atoms with van der Waals surface area (Å²) < 4.78 is 6.81. The minimum Gasteiger partial charge on any atom is -0.441 e. The third-order valence-corrected chi connectivity index (χ3v) is 4.79. The van der Waals surface area contributed by atoms with Crippen molar-refractivity contribution in [3.63, 3.8) is 0 Å². The molecule has 0 saturated carbocycles. The second kappa shape index (κ2) is 10.9. The quantitative estimate of drug-likeness (QED) is 0.395. The zero-order valence-electron chi connectivity index (χ0n) is 18.8. The zero-order chi connectivity index (χ0) is 24.7. The number of ether oxygens (including phenoxy) is 1. The maximum Gasteiger partial charge on any atom is 0.413 e. The number of carbonyl (C=O) groups excluding carboxylic acids is 2. The van der Waals surface area contributed by atoms with Crippen molar-refractivity contribution in [2.75, 3.05) is 10.6 Å². The molecule has 170 valence electrons. The van der Waals surface area contributed by atoms with Crippen molar-refractivity contribution in [3.05, 3.63) is 54.4 Å². The number of hydrogen-bond acceptors (Lipinski definition) is 7. The fourth-order valence-corrected chi connectivity index (χ4v) is 2.96. The van der Waals surface area contributed by atoms with E-state index >= 15 is 0 Å². The topological polar surface area (TPSA) is 124 Å². The van der Waals surface area contributed by atoms with Gasteiger partial charge in [0.25, 0.3) is 0 Å². The lowest BCUT2D eigenvalue weighted by Crippen LogP contribution is -2.23. The van der Waals surface area contributed by atoms with Crippen LogP contribution in [0.1, 0.15) is 31.4 Å². The molecule has 0 aliphatic rings.